The molecule has 0 radical (unpaired) electrons. The summed E-state index contributed by atoms with van der Waals surface area (Å²) >= 11 is 0. The quantitative estimate of drug-likeness (QED) is 0.618. The Morgan fingerprint density at radius 1 is 0.824 bits per heavy atom. The molecule has 0 amide bonds. The molecule has 0 spiro atoms. The van der Waals surface area contributed by atoms with Crippen LogP contribution in [0.15, 0.2) is 21.2 Å². The summed E-state index contributed by atoms with van der Waals surface area (Å²) < 4.78 is 10.2. The van der Waals surface area contributed by atoms with Gasteiger partial charge in [0.25, 0.3) is 0 Å². The van der Waals surface area contributed by atoms with Crippen molar-refractivity contribution in [2.45, 2.75) is 39.5 Å². The first-order valence-corrected chi connectivity index (χ1v) is 11.1. The molecular formula is C22H32N6O6. The molecule has 2 aromatic rings. The van der Waals surface area contributed by atoms with Crippen LogP contribution in [0.25, 0.3) is 11.1 Å². The molecule has 0 atom stereocenters. The van der Waals surface area contributed by atoms with Crippen LogP contribution in [0.2, 0.25) is 0 Å². The van der Waals surface area contributed by atoms with Gasteiger partial charge in [-0.15, -0.1) is 0 Å². The van der Waals surface area contributed by atoms with Gasteiger partial charge in [0.15, 0.2) is 11.6 Å². The number of carboxylic acids is 2. The molecular weight excluding hydrogens is 444 g/mol. The number of aryl methyl sites for hydroxylation is 2. The summed E-state index contributed by atoms with van der Waals surface area (Å²) in [4.78, 5) is 31.4. The van der Waals surface area contributed by atoms with Crippen LogP contribution in [-0.4, -0.2) is 92.5 Å². The number of hydrogen-bond donors (Lipinski definition) is 2. The van der Waals surface area contributed by atoms with E-state index in [9.17, 15) is 0 Å². The number of likely N-dealkylation sites (N-methyl/N-ethyl adjacent to an activating group) is 2. The van der Waals surface area contributed by atoms with Crippen LogP contribution < -0.4 is 0 Å². The maximum absolute atomic E-state index is 9.10. The Labute approximate surface area is 197 Å². The van der Waals surface area contributed by atoms with Crippen molar-refractivity contribution in [2.24, 2.45) is 0 Å². The molecule has 2 aliphatic rings. The van der Waals surface area contributed by atoms with Gasteiger partial charge in [0.05, 0.1) is 0 Å². The number of hydrogen-bond acceptors (Lipinski definition) is 10. The molecule has 0 bridgehead atoms. The fraction of sp³-hybridized carbons (Fsp3) is 0.545. The smallest absolute Gasteiger partial charge is 0.414 e. The van der Waals surface area contributed by atoms with Crippen LogP contribution in [0.4, 0.5) is 0 Å². The van der Waals surface area contributed by atoms with Gasteiger partial charge in [-0.2, -0.15) is 9.97 Å². The molecule has 0 fully saturated rings. The molecule has 0 unspecified atom stereocenters. The number of nitrogens with zero attached hydrogens (tertiary/aromatic N) is 6. The number of carboxylic acid groups (broad SMARTS) is 2. The third kappa shape index (κ3) is 8.52. The van der Waals surface area contributed by atoms with E-state index < -0.39 is 11.9 Å². The van der Waals surface area contributed by atoms with Crippen LogP contribution in [0, 0.1) is 0 Å². The SMILES string of the molecule is CCc1nc(C2=CCN(C)CC2)no1.CCc1nc(C2=CCN(C)CC2)no1.O=C(O)C(=O)O. The predicted molar refractivity (Wildman–Crippen MR) is 123 cm³/mol. The Kier molecular flexibility index (Phi) is 10.6. The van der Waals surface area contributed by atoms with Gasteiger partial charge in [-0.1, -0.05) is 36.3 Å². The van der Waals surface area contributed by atoms with E-state index in [0.717, 1.165) is 75.3 Å². The van der Waals surface area contributed by atoms with Crippen molar-refractivity contribution in [1.82, 2.24) is 30.1 Å². The Hall–Kier alpha value is -3.38. The van der Waals surface area contributed by atoms with Gasteiger partial charge in [-0.05, 0) is 38.1 Å². The van der Waals surface area contributed by atoms with Gasteiger partial charge < -0.3 is 29.1 Å². The summed E-state index contributed by atoms with van der Waals surface area (Å²) in [7, 11) is 4.22. The lowest BCUT2D eigenvalue weighted by atomic mass is 10.1. The van der Waals surface area contributed by atoms with Crippen molar-refractivity contribution in [3.05, 3.63) is 35.6 Å². The van der Waals surface area contributed by atoms with Gasteiger partial charge >= 0.3 is 11.9 Å². The first-order valence-electron chi connectivity index (χ1n) is 11.1. The molecule has 4 heterocycles. The third-order valence-electron chi connectivity index (χ3n) is 5.12. The van der Waals surface area contributed by atoms with E-state index in [4.69, 9.17) is 28.8 Å². The minimum atomic E-state index is -1.82. The Morgan fingerprint density at radius 3 is 1.44 bits per heavy atom. The van der Waals surface area contributed by atoms with Crippen LogP contribution in [0.5, 0.6) is 0 Å². The molecule has 0 saturated carbocycles. The van der Waals surface area contributed by atoms with E-state index in [0.29, 0.717) is 0 Å². The van der Waals surface area contributed by atoms with E-state index in [2.05, 4.69) is 56.3 Å². The monoisotopic (exact) mass is 476 g/mol. The maximum Gasteiger partial charge on any atom is 0.414 e. The highest BCUT2D eigenvalue weighted by molar-refractivity contribution is 6.27. The molecule has 2 N–H and O–H groups in total. The fourth-order valence-electron chi connectivity index (χ4n) is 3.01. The van der Waals surface area contributed by atoms with Gasteiger partial charge in [0.2, 0.25) is 11.8 Å². The van der Waals surface area contributed by atoms with Crippen molar-refractivity contribution >= 4 is 23.1 Å². The second kappa shape index (κ2) is 13.4. The van der Waals surface area contributed by atoms with Crippen LogP contribution in [0.3, 0.4) is 0 Å². The lowest BCUT2D eigenvalue weighted by molar-refractivity contribution is -0.159. The molecule has 186 valence electrons. The zero-order valence-corrected chi connectivity index (χ0v) is 20.0. The molecule has 4 rings (SSSR count). The summed E-state index contributed by atoms with van der Waals surface area (Å²) in [6.45, 7) is 8.13. The highest BCUT2D eigenvalue weighted by Crippen LogP contribution is 2.19. The number of rotatable bonds is 4. The summed E-state index contributed by atoms with van der Waals surface area (Å²) in [6.07, 6.45) is 7.99. The first-order chi connectivity index (χ1) is 16.2. The second-order valence-corrected chi connectivity index (χ2v) is 7.82. The van der Waals surface area contributed by atoms with Crippen molar-refractivity contribution in [2.75, 3.05) is 40.3 Å². The van der Waals surface area contributed by atoms with E-state index in [-0.39, 0.29) is 0 Å². The largest absolute Gasteiger partial charge is 0.473 e. The number of aromatic nitrogens is 4. The van der Waals surface area contributed by atoms with Crippen molar-refractivity contribution in [1.29, 1.82) is 0 Å². The molecule has 0 saturated heterocycles. The molecule has 12 heteroatoms. The van der Waals surface area contributed by atoms with Gasteiger partial charge in [-0.25, -0.2) is 9.59 Å². The minimum Gasteiger partial charge on any atom is -0.473 e. The molecule has 2 aromatic heterocycles. The lowest BCUT2D eigenvalue weighted by Crippen LogP contribution is -2.23. The first kappa shape index (κ1) is 26.9. The predicted octanol–water partition coefficient (Wildman–Crippen LogP) is 1.86. The summed E-state index contributed by atoms with van der Waals surface area (Å²) in [5.41, 5.74) is 2.43. The van der Waals surface area contributed by atoms with Crippen molar-refractivity contribution in [3.63, 3.8) is 0 Å². The molecule has 0 aromatic carbocycles. The zero-order chi connectivity index (χ0) is 25.1. The molecule has 34 heavy (non-hydrogen) atoms. The number of aliphatic carboxylic acids is 2. The highest BCUT2D eigenvalue weighted by Gasteiger charge is 2.15. The van der Waals surface area contributed by atoms with E-state index in [1.165, 1.54) is 11.1 Å². The highest BCUT2D eigenvalue weighted by atomic mass is 16.5. The van der Waals surface area contributed by atoms with E-state index in [1.54, 1.807) is 0 Å². The van der Waals surface area contributed by atoms with E-state index >= 15 is 0 Å². The summed E-state index contributed by atoms with van der Waals surface area (Å²) in [5, 5.41) is 22.7. The summed E-state index contributed by atoms with van der Waals surface area (Å²) in [5.74, 6) is -0.658. The van der Waals surface area contributed by atoms with Crippen LogP contribution >= 0.6 is 0 Å². The molecule has 2 aliphatic heterocycles. The standard InChI is InChI=1S/2C10H15N3O.C2H2O4/c2*1-3-9-11-10(12-14-9)8-4-6-13(2)7-5-8;3-1(4)2(5)6/h2*4H,3,5-7H2,1-2H3;(H,3,4)(H,5,6). The minimum absolute atomic E-state index is 0.722. The van der Waals surface area contributed by atoms with Crippen molar-refractivity contribution < 1.29 is 28.8 Å². The fourth-order valence-corrected chi connectivity index (χ4v) is 3.01. The Balaban J connectivity index is 0.000000196. The maximum atomic E-state index is 9.10. The average molecular weight is 477 g/mol. The topological polar surface area (TPSA) is 159 Å². The van der Waals surface area contributed by atoms with Gasteiger partial charge in [0.1, 0.15) is 0 Å². The Bertz CT molecular complexity index is 931. The molecule has 12 nitrogen and oxygen atoms in total. The second-order valence-electron chi connectivity index (χ2n) is 7.82. The molecule has 0 aliphatic carbocycles. The van der Waals surface area contributed by atoms with Crippen LogP contribution in [0.1, 0.15) is 50.1 Å². The Morgan fingerprint density at radius 2 is 1.21 bits per heavy atom. The lowest BCUT2D eigenvalue weighted by Gasteiger charge is -2.19. The normalized spacial score (nSPS) is 16.4. The van der Waals surface area contributed by atoms with Crippen molar-refractivity contribution in [3.8, 4) is 0 Å². The summed E-state index contributed by atoms with van der Waals surface area (Å²) in [6, 6.07) is 0. The van der Waals surface area contributed by atoms with E-state index in [1.807, 2.05) is 13.8 Å². The van der Waals surface area contributed by atoms with Gasteiger partial charge in [0, 0.05) is 39.0 Å². The van der Waals surface area contributed by atoms with Gasteiger partial charge in [-0.3, -0.25) is 0 Å². The average Bonchev–Trinajstić information content (AvgIpc) is 3.51. The zero-order valence-electron chi connectivity index (χ0n) is 20.0. The van der Waals surface area contributed by atoms with Crippen LogP contribution in [-0.2, 0) is 22.4 Å². The third-order valence-corrected chi connectivity index (χ3v) is 5.12. The number of carbonyl (C=O) groups is 2.